The molecule has 1 aliphatic carbocycles. The lowest BCUT2D eigenvalue weighted by Crippen LogP contribution is -2.29. The van der Waals surface area contributed by atoms with E-state index in [-0.39, 0.29) is 0 Å². The summed E-state index contributed by atoms with van der Waals surface area (Å²) in [5, 5.41) is 21.7. The van der Waals surface area contributed by atoms with Crippen molar-refractivity contribution in [3.8, 4) is 22.3 Å². The summed E-state index contributed by atoms with van der Waals surface area (Å²) >= 11 is 0. The third-order valence-electron chi connectivity index (χ3n) is 6.61. The summed E-state index contributed by atoms with van der Waals surface area (Å²) in [6.07, 6.45) is 5.40. The zero-order valence-corrected chi connectivity index (χ0v) is 18.6. The molecule has 0 aliphatic heterocycles. The summed E-state index contributed by atoms with van der Waals surface area (Å²) < 4.78 is 6.44. The molecular weight excluding hydrogens is 419 g/mol. The molecule has 2 N–H and O–H groups in total. The minimum atomic E-state index is -1.52. The van der Waals surface area contributed by atoms with Crippen molar-refractivity contribution in [2.24, 2.45) is 0 Å². The van der Waals surface area contributed by atoms with E-state index in [0.717, 1.165) is 50.3 Å². The molecule has 5 aromatic rings. The topological polar surface area (TPSA) is 53.6 Å². The monoisotopic (exact) mass is 442 g/mol. The van der Waals surface area contributed by atoms with Gasteiger partial charge in [0.05, 0.1) is 0 Å². The first-order chi connectivity index (χ1) is 16.7. The Morgan fingerprint density at radius 2 is 1.47 bits per heavy atom. The van der Waals surface area contributed by atoms with Crippen LogP contribution in [0.3, 0.4) is 0 Å². The highest BCUT2D eigenvalue weighted by atomic mass is 16.4. The molecule has 6 rings (SSSR count). The quantitative estimate of drug-likeness (QED) is 0.411. The maximum Gasteiger partial charge on any atom is 0.488 e. The first-order valence-electron chi connectivity index (χ1n) is 11.5. The van der Waals surface area contributed by atoms with Crippen LogP contribution in [0.2, 0.25) is 0 Å². The van der Waals surface area contributed by atoms with Crippen molar-refractivity contribution >= 4 is 35.7 Å². The smallest absolute Gasteiger partial charge is 0.456 e. The number of rotatable bonds is 4. The van der Waals surface area contributed by atoms with Crippen LogP contribution in [0.5, 0.6) is 0 Å². The van der Waals surface area contributed by atoms with Crippen molar-refractivity contribution in [3.05, 3.63) is 113 Å². The van der Waals surface area contributed by atoms with E-state index in [1.165, 1.54) is 5.56 Å². The largest absolute Gasteiger partial charge is 0.488 e. The second-order valence-electron chi connectivity index (χ2n) is 8.77. The van der Waals surface area contributed by atoms with Crippen LogP contribution in [-0.4, -0.2) is 17.2 Å². The van der Waals surface area contributed by atoms with Crippen molar-refractivity contribution in [2.75, 3.05) is 0 Å². The van der Waals surface area contributed by atoms with Crippen LogP contribution in [-0.2, 0) is 0 Å². The van der Waals surface area contributed by atoms with Crippen molar-refractivity contribution < 1.29 is 14.5 Å². The van der Waals surface area contributed by atoms with Gasteiger partial charge in [-0.15, -0.1) is 0 Å². The number of hydrogen-bond acceptors (Lipinski definition) is 3. The third-order valence-corrected chi connectivity index (χ3v) is 6.61. The van der Waals surface area contributed by atoms with Crippen molar-refractivity contribution in [3.63, 3.8) is 0 Å². The van der Waals surface area contributed by atoms with E-state index in [2.05, 4.69) is 60.7 Å². The van der Waals surface area contributed by atoms with Crippen LogP contribution >= 0.6 is 0 Å². The van der Waals surface area contributed by atoms with Gasteiger partial charge in [-0.25, -0.2) is 0 Å². The van der Waals surface area contributed by atoms with Gasteiger partial charge in [0, 0.05) is 22.1 Å². The molecule has 0 fully saturated rings. The molecule has 34 heavy (non-hydrogen) atoms. The Morgan fingerprint density at radius 1 is 0.735 bits per heavy atom. The summed E-state index contributed by atoms with van der Waals surface area (Å²) in [6, 6.07) is 32.6. The molecule has 0 amide bonds. The summed E-state index contributed by atoms with van der Waals surface area (Å²) in [6.45, 7) is 0. The van der Waals surface area contributed by atoms with Gasteiger partial charge in [-0.05, 0) is 52.3 Å². The first kappa shape index (κ1) is 20.7. The number of benzene rings is 4. The Kier molecular flexibility index (Phi) is 5.18. The molecular formula is C30H23BO3. The summed E-state index contributed by atoms with van der Waals surface area (Å²) in [5.41, 5.74) is 7.50. The highest BCUT2D eigenvalue weighted by molar-refractivity contribution is 6.58. The van der Waals surface area contributed by atoms with Gasteiger partial charge in [0.15, 0.2) is 0 Å². The number of hydrogen-bond donors (Lipinski definition) is 2. The van der Waals surface area contributed by atoms with Gasteiger partial charge in [-0.3, -0.25) is 0 Å². The molecule has 0 saturated carbocycles. The fourth-order valence-corrected chi connectivity index (χ4v) is 4.87. The van der Waals surface area contributed by atoms with Crippen LogP contribution in [0.15, 0.2) is 101 Å². The van der Waals surface area contributed by atoms with Gasteiger partial charge in [-0.1, -0.05) is 91.0 Å². The van der Waals surface area contributed by atoms with Crippen LogP contribution in [0.25, 0.3) is 45.4 Å². The molecule has 1 atom stereocenters. The fraction of sp³-hybridized carbons (Fsp3) is 0.0667. The average Bonchev–Trinajstić information content (AvgIpc) is 3.27. The Hall–Kier alpha value is -3.86. The highest BCUT2D eigenvalue weighted by Crippen LogP contribution is 2.33. The van der Waals surface area contributed by atoms with Gasteiger partial charge < -0.3 is 14.5 Å². The molecule has 0 saturated heterocycles. The molecule has 1 unspecified atom stereocenters. The van der Waals surface area contributed by atoms with Crippen LogP contribution in [0.1, 0.15) is 17.9 Å². The van der Waals surface area contributed by atoms with E-state index in [4.69, 9.17) is 4.42 Å². The van der Waals surface area contributed by atoms with E-state index >= 15 is 0 Å². The lowest BCUT2D eigenvalue weighted by Gasteiger charge is -2.12. The summed E-state index contributed by atoms with van der Waals surface area (Å²) in [4.78, 5) is 0. The minimum Gasteiger partial charge on any atom is -0.456 e. The fourth-order valence-electron chi connectivity index (χ4n) is 4.87. The highest BCUT2D eigenvalue weighted by Gasteiger charge is 2.19. The minimum absolute atomic E-state index is 0.297. The molecule has 4 heteroatoms. The molecule has 1 aliphatic rings. The van der Waals surface area contributed by atoms with E-state index in [9.17, 15) is 10.0 Å². The average molecular weight is 442 g/mol. The maximum absolute atomic E-state index is 9.73. The van der Waals surface area contributed by atoms with Gasteiger partial charge in [0.25, 0.3) is 0 Å². The normalized spacial score (nSPS) is 14.8. The second kappa shape index (κ2) is 8.49. The van der Waals surface area contributed by atoms with E-state index < -0.39 is 7.12 Å². The molecule has 0 spiro atoms. The summed E-state index contributed by atoms with van der Waals surface area (Å²) in [7, 11) is -1.52. The molecule has 164 valence electrons. The van der Waals surface area contributed by atoms with Crippen molar-refractivity contribution in [2.45, 2.75) is 12.3 Å². The lowest BCUT2D eigenvalue weighted by molar-refractivity contribution is 0.426. The Bertz CT molecular complexity index is 1600. The van der Waals surface area contributed by atoms with Crippen LogP contribution < -0.4 is 16.1 Å². The predicted octanol–water partition coefficient (Wildman–Crippen LogP) is 4.20. The zero-order valence-electron chi connectivity index (χ0n) is 18.6. The molecule has 4 aromatic carbocycles. The van der Waals surface area contributed by atoms with E-state index in [0.29, 0.717) is 11.4 Å². The summed E-state index contributed by atoms with van der Waals surface area (Å²) in [5.74, 6) is 0.297. The first-order valence-corrected chi connectivity index (χ1v) is 11.5. The molecule has 1 aromatic heterocycles. The Labute approximate surface area is 198 Å². The standard InChI is InChI=1S/C30H23BO3/c32-31(33)25-13-7-12-23(16-25)26-18-24(21-10-5-2-6-11-21)19-28-27-17-22(20-8-3-1-4-9-20)14-15-29(27)34-30(26)28/h1-13,15-19,22,32-33H,14H2. The van der Waals surface area contributed by atoms with E-state index in [1.807, 2.05) is 42.5 Å². The second-order valence-corrected chi connectivity index (χ2v) is 8.77. The molecule has 0 bridgehead atoms. The molecule has 0 radical (unpaired) electrons. The lowest BCUT2D eigenvalue weighted by atomic mass is 9.79. The molecule has 3 nitrogen and oxygen atoms in total. The van der Waals surface area contributed by atoms with Gasteiger partial charge in [-0.2, -0.15) is 0 Å². The van der Waals surface area contributed by atoms with Crippen LogP contribution in [0.4, 0.5) is 0 Å². The number of fused-ring (bicyclic) bond motifs is 3. The SMILES string of the molecule is OB(O)c1cccc(-c2cc(-c3ccccc3)cc3c4c(oc23)=CCC(c2ccccc2)C=4)c1. The Morgan fingerprint density at radius 3 is 2.24 bits per heavy atom. The Balaban J connectivity index is 1.63. The third kappa shape index (κ3) is 3.67. The van der Waals surface area contributed by atoms with Crippen molar-refractivity contribution in [1.82, 2.24) is 0 Å². The van der Waals surface area contributed by atoms with Crippen LogP contribution in [0, 0.1) is 0 Å². The predicted molar refractivity (Wildman–Crippen MR) is 139 cm³/mol. The van der Waals surface area contributed by atoms with Gasteiger partial charge >= 0.3 is 7.12 Å². The van der Waals surface area contributed by atoms with Gasteiger partial charge in [0.2, 0.25) is 0 Å². The number of furan rings is 1. The van der Waals surface area contributed by atoms with E-state index in [1.54, 1.807) is 6.07 Å². The molecule has 1 heterocycles. The van der Waals surface area contributed by atoms with Crippen molar-refractivity contribution in [1.29, 1.82) is 0 Å². The maximum atomic E-state index is 9.73. The van der Waals surface area contributed by atoms with Gasteiger partial charge in [0.1, 0.15) is 11.0 Å². The zero-order chi connectivity index (χ0) is 23.1.